The molecule has 0 aliphatic heterocycles. The molecular formula is C17H7F29. The number of halogens is 29. The van der Waals surface area contributed by atoms with Gasteiger partial charge in [0.15, 0.2) is 0 Å². The lowest BCUT2D eigenvalue weighted by molar-refractivity contribution is -0.487. The first-order valence-electron chi connectivity index (χ1n) is 10.3. The maximum atomic E-state index is 13.7. The van der Waals surface area contributed by atoms with E-state index in [4.69, 9.17) is 0 Å². The molecule has 278 valence electrons. The number of hydrogen-bond acceptors (Lipinski definition) is 0. The quantitative estimate of drug-likeness (QED) is 0.155. The molecule has 0 aliphatic rings. The molecule has 0 rings (SSSR count). The lowest BCUT2D eigenvalue weighted by Gasteiger charge is -2.46. The molecular weight excluding hydrogens is 755 g/mol. The zero-order valence-corrected chi connectivity index (χ0v) is 20.4. The highest BCUT2D eigenvalue weighted by Gasteiger charge is 3.00. The van der Waals surface area contributed by atoms with E-state index in [1.54, 1.807) is 0 Å². The fourth-order valence-electron chi connectivity index (χ4n) is 2.85. The smallest absolute Gasteiger partial charge is 0.200 e. The van der Waals surface area contributed by atoms with Crippen molar-refractivity contribution in [2.24, 2.45) is 0 Å². The molecule has 0 atom stereocenters. The zero-order valence-electron chi connectivity index (χ0n) is 20.4. The monoisotopic (exact) mass is 762 g/mol. The molecule has 0 radical (unpaired) electrons. The van der Waals surface area contributed by atoms with Crippen LogP contribution in [0.5, 0.6) is 0 Å². The fourth-order valence-corrected chi connectivity index (χ4v) is 2.85. The third-order valence-corrected chi connectivity index (χ3v) is 5.72. The molecule has 0 saturated heterocycles. The van der Waals surface area contributed by atoms with E-state index in [1.807, 2.05) is 0 Å². The van der Waals surface area contributed by atoms with Crippen LogP contribution in [-0.2, 0) is 0 Å². The van der Waals surface area contributed by atoms with Gasteiger partial charge in [0.1, 0.15) is 0 Å². The third-order valence-electron chi connectivity index (χ3n) is 5.72. The van der Waals surface area contributed by atoms with Gasteiger partial charge in [-0.2, -0.15) is 127 Å². The van der Waals surface area contributed by atoms with E-state index >= 15 is 0 Å². The van der Waals surface area contributed by atoms with E-state index in [0.717, 1.165) is 0 Å². The summed E-state index contributed by atoms with van der Waals surface area (Å²) in [7, 11) is 0. The van der Waals surface area contributed by atoms with E-state index in [-0.39, 0.29) is 0 Å². The minimum Gasteiger partial charge on any atom is -0.200 e. The van der Waals surface area contributed by atoms with Crippen LogP contribution in [0.15, 0.2) is 0 Å². The van der Waals surface area contributed by atoms with Gasteiger partial charge in [-0.3, -0.25) is 0 Å². The molecule has 0 saturated carbocycles. The highest BCUT2D eigenvalue weighted by molar-refractivity contribution is 5.21. The van der Waals surface area contributed by atoms with Crippen molar-refractivity contribution in [3.8, 4) is 0 Å². The molecule has 0 aromatic carbocycles. The van der Waals surface area contributed by atoms with Crippen LogP contribution in [0.3, 0.4) is 0 Å². The molecule has 0 amide bonds. The Morgan fingerprint density at radius 2 is 0.391 bits per heavy atom. The summed E-state index contributed by atoms with van der Waals surface area (Å²) in [5.74, 6) is -119. The Labute approximate surface area is 231 Å². The van der Waals surface area contributed by atoms with Crippen LogP contribution in [0.2, 0.25) is 0 Å². The first kappa shape index (κ1) is 44.0. The summed E-state index contributed by atoms with van der Waals surface area (Å²) in [6.45, 7) is 0.325. The van der Waals surface area contributed by atoms with E-state index in [1.165, 1.54) is 0 Å². The van der Waals surface area contributed by atoms with E-state index in [9.17, 15) is 127 Å². The van der Waals surface area contributed by atoms with E-state index in [2.05, 4.69) is 0 Å². The van der Waals surface area contributed by atoms with E-state index < -0.39 is 96.0 Å². The predicted molar refractivity (Wildman–Crippen MR) is 85.3 cm³/mol. The number of alkyl halides is 29. The predicted octanol–water partition coefficient (Wildman–Crippen LogP) is 10.6. The maximum absolute atomic E-state index is 13.7. The van der Waals surface area contributed by atoms with Gasteiger partial charge in [0, 0.05) is 6.42 Å². The van der Waals surface area contributed by atoms with Crippen molar-refractivity contribution in [3.63, 3.8) is 0 Å². The summed E-state index contributed by atoms with van der Waals surface area (Å²) in [4.78, 5) is 0. The average molecular weight is 762 g/mol. The van der Waals surface area contributed by atoms with Crippen molar-refractivity contribution in [1.29, 1.82) is 0 Å². The largest absolute Gasteiger partial charge is 0.460 e. The van der Waals surface area contributed by atoms with Crippen molar-refractivity contribution < 1.29 is 127 Å². The Bertz CT molecular complexity index is 1090. The van der Waals surface area contributed by atoms with Gasteiger partial charge in [-0.15, -0.1) is 0 Å². The molecule has 0 aromatic rings. The van der Waals surface area contributed by atoms with Gasteiger partial charge in [0.2, 0.25) is 0 Å². The Morgan fingerprint density at radius 1 is 0.239 bits per heavy atom. The second-order valence-electron chi connectivity index (χ2n) is 8.84. The highest BCUT2D eigenvalue weighted by Crippen LogP contribution is 2.69. The van der Waals surface area contributed by atoms with Crippen molar-refractivity contribution in [2.45, 2.75) is 103 Å². The molecule has 0 aliphatic carbocycles. The first-order valence-corrected chi connectivity index (χ1v) is 10.3. The van der Waals surface area contributed by atoms with E-state index in [0.29, 0.717) is 6.92 Å². The van der Waals surface area contributed by atoms with Crippen LogP contribution in [0.4, 0.5) is 127 Å². The van der Waals surface area contributed by atoms with Gasteiger partial charge in [0.05, 0.1) is 0 Å². The van der Waals surface area contributed by atoms with Crippen LogP contribution in [0, 0.1) is 0 Å². The minimum absolute atomic E-state index is 0.325. The Balaban J connectivity index is 7.53. The summed E-state index contributed by atoms with van der Waals surface area (Å²) in [5, 5.41) is 0. The molecule has 46 heavy (non-hydrogen) atoms. The van der Waals surface area contributed by atoms with Crippen molar-refractivity contribution in [2.75, 3.05) is 0 Å². The summed E-state index contributed by atoms with van der Waals surface area (Å²) in [5.41, 5.74) is 0. The molecule has 0 unspecified atom stereocenters. The molecule has 0 bridgehead atoms. The van der Waals surface area contributed by atoms with Crippen LogP contribution in [-0.4, -0.2) is 83.2 Å². The number of rotatable bonds is 14. The summed E-state index contributed by atoms with van der Waals surface area (Å²) >= 11 is 0. The third kappa shape index (κ3) is 4.98. The Kier molecular flexibility index (Phi) is 10.3. The minimum atomic E-state index is -9.90. The van der Waals surface area contributed by atoms with Crippen LogP contribution in [0.25, 0.3) is 0 Å². The lowest BCUT2D eigenvalue weighted by Crippen LogP contribution is -2.79. The summed E-state index contributed by atoms with van der Waals surface area (Å²) in [6, 6.07) is 0. The molecule has 0 N–H and O–H groups in total. The molecule has 0 nitrogen and oxygen atoms in total. The fraction of sp³-hybridized carbons (Fsp3) is 1.00. The molecule has 29 heteroatoms. The molecule has 0 spiro atoms. The molecule has 0 aromatic heterocycles. The maximum Gasteiger partial charge on any atom is 0.460 e. The van der Waals surface area contributed by atoms with Gasteiger partial charge in [-0.05, 0) is 0 Å². The Hall–Kier alpha value is -2.03. The van der Waals surface area contributed by atoms with Crippen molar-refractivity contribution in [1.82, 2.24) is 0 Å². The van der Waals surface area contributed by atoms with Gasteiger partial charge >= 0.3 is 83.2 Å². The molecule has 0 heterocycles. The summed E-state index contributed by atoms with van der Waals surface area (Å²) in [6.07, 6.45) is -12.6. The van der Waals surface area contributed by atoms with Crippen LogP contribution < -0.4 is 0 Å². The van der Waals surface area contributed by atoms with Gasteiger partial charge in [-0.25, -0.2) is 0 Å². The zero-order chi connectivity index (χ0) is 38.4. The van der Waals surface area contributed by atoms with Gasteiger partial charge in [-0.1, -0.05) is 13.3 Å². The second kappa shape index (κ2) is 10.7. The topological polar surface area (TPSA) is 0 Å². The van der Waals surface area contributed by atoms with Crippen LogP contribution in [0.1, 0.15) is 19.8 Å². The van der Waals surface area contributed by atoms with Crippen molar-refractivity contribution >= 4 is 0 Å². The second-order valence-corrected chi connectivity index (χ2v) is 8.84. The lowest BCUT2D eigenvalue weighted by atomic mass is 9.83. The SMILES string of the molecule is CCCC(F)(F)C(F)(F)C(F)(F)C(F)(F)C(F)(F)C(F)(F)C(F)(F)C(F)(F)C(F)(F)C(F)(F)C(F)(F)C(F)(F)C(F)(F)C(F)(F)F. The average Bonchev–Trinajstić information content (AvgIpc) is 2.81. The molecule has 0 fully saturated rings. The first-order chi connectivity index (χ1) is 19.3. The standard InChI is InChI=1S/C17H7F29/c1-2-3-4(18,19)5(20,21)6(22,23)7(24,25)8(26,27)9(28,29)10(30,31)11(32,33)12(34,35)13(36,37)14(38,39)15(40,41)16(42,43)17(44,45)46/h2-3H2,1H3. The highest BCUT2D eigenvalue weighted by atomic mass is 19.4. The van der Waals surface area contributed by atoms with Crippen LogP contribution >= 0.6 is 0 Å². The van der Waals surface area contributed by atoms with Crippen molar-refractivity contribution in [3.05, 3.63) is 0 Å². The number of hydrogen-bond donors (Lipinski definition) is 0. The normalized spacial score (nSPS) is 17.1. The van der Waals surface area contributed by atoms with Gasteiger partial charge in [0.25, 0.3) is 0 Å². The Morgan fingerprint density at radius 3 is 0.543 bits per heavy atom. The van der Waals surface area contributed by atoms with Gasteiger partial charge < -0.3 is 0 Å². The summed E-state index contributed by atoms with van der Waals surface area (Å²) < 4.78 is 386.